The van der Waals surface area contributed by atoms with Crippen molar-refractivity contribution in [2.45, 2.75) is 44.8 Å². The first kappa shape index (κ1) is 16.0. The molecule has 4 nitrogen and oxygen atoms in total. The summed E-state index contributed by atoms with van der Waals surface area (Å²) in [7, 11) is 0. The van der Waals surface area contributed by atoms with E-state index in [2.05, 4.69) is 5.32 Å². The molecule has 2 rings (SSSR count). The van der Waals surface area contributed by atoms with E-state index in [0.29, 0.717) is 19.6 Å². The first-order valence-electron chi connectivity index (χ1n) is 7.84. The van der Waals surface area contributed by atoms with Gasteiger partial charge in [0, 0.05) is 19.8 Å². The Hall–Kier alpha value is -1.39. The van der Waals surface area contributed by atoms with Crippen LogP contribution in [0, 0.1) is 0 Å². The Morgan fingerprint density at radius 3 is 2.86 bits per heavy atom. The number of hydrogen-bond acceptors (Lipinski definition) is 3. The maximum absolute atomic E-state index is 12.0. The molecule has 0 radical (unpaired) electrons. The van der Waals surface area contributed by atoms with Crippen LogP contribution >= 0.6 is 0 Å². The molecule has 0 aliphatic carbocycles. The zero-order valence-corrected chi connectivity index (χ0v) is 12.7. The Morgan fingerprint density at radius 1 is 1.38 bits per heavy atom. The van der Waals surface area contributed by atoms with Crippen LogP contribution in [0.2, 0.25) is 0 Å². The van der Waals surface area contributed by atoms with Crippen LogP contribution in [0.15, 0.2) is 30.3 Å². The van der Waals surface area contributed by atoms with Gasteiger partial charge in [0.1, 0.15) is 0 Å². The Kier molecular flexibility index (Phi) is 6.70. The second-order valence-corrected chi connectivity index (χ2v) is 5.35. The van der Waals surface area contributed by atoms with E-state index in [4.69, 9.17) is 9.47 Å². The highest BCUT2D eigenvalue weighted by atomic mass is 16.5. The standard InChI is InChI=1S/C17H25NO3/c1-2-20-16(14-8-4-3-5-9-14)13-18-17(19)12-15-10-6-7-11-21-15/h3-5,8-9,15-16H,2,6-7,10-13H2,1H3,(H,18,19)/t15-,16-/m0/s1. The molecular weight excluding hydrogens is 266 g/mol. The predicted octanol–water partition coefficient (Wildman–Crippen LogP) is 2.84. The Morgan fingerprint density at radius 2 is 2.19 bits per heavy atom. The minimum Gasteiger partial charge on any atom is -0.378 e. The molecule has 21 heavy (non-hydrogen) atoms. The lowest BCUT2D eigenvalue weighted by atomic mass is 10.1. The molecule has 2 atom stereocenters. The monoisotopic (exact) mass is 291 g/mol. The third kappa shape index (κ3) is 5.48. The van der Waals surface area contributed by atoms with Crippen molar-refractivity contribution in [3.63, 3.8) is 0 Å². The van der Waals surface area contributed by atoms with Gasteiger partial charge in [-0.25, -0.2) is 0 Å². The van der Waals surface area contributed by atoms with Crippen LogP contribution in [0.5, 0.6) is 0 Å². The van der Waals surface area contributed by atoms with Crippen LogP contribution in [0.1, 0.15) is 44.3 Å². The summed E-state index contributed by atoms with van der Waals surface area (Å²) in [6.45, 7) is 3.88. The van der Waals surface area contributed by atoms with E-state index < -0.39 is 0 Å². The minimum absolute atomic E-state index is 0.0440. The normalized spacial score (nSPS) is 20.0. The number of carbonyl (C=O) groups excluding carboxylic acids is 1. The summed E-state index contributed by atoms with van der Waals surface area (Å²) in [5.74, 6) is 0.0440. The van der Waals surface area contributed by atoms with E-state index in [0.717, 1.165) is 31.4 Å². The molecule has 0 bridgehead atoms. The maximum Gasteiger partial charge on any atom is 0.222 e. The third-order valence-corrected chi connectivity index (χ3v) is 3.71. The van der Waals surface area contributed by atoms with Crippen LogP contribution in [-0.4, -0.2) is 31.8 Å². The van der Waals surface area contributed by atoms with Crippen molar-refractivity contribution in [1.29, 1.82) is 0 Å². The molecule has 1 heterocycles. The summed E-state index contributed by atoms with van der Waals surface area (Å²) < 4.78 is 11.3. The summed E-state index contributed by atoms with van der Waals surface area (Å²) in [6, 6.07) is 10.00. The smallest absolute Gasteiger partial charge is 0.222 e. The Bertz CT molecular complexity index is 415. The molecule has 1 aromatic rings. The van der Waals surface area contributed by atoms with Gasteiger partial charge in [-0.15, -0.1) is 0 Å². The van der Waals surface area contributed by atoms with Gasteiger partial charge in [-0.2, -0.15) is 0 Å². The lowest BCUT2D eigenvalue weighted by Crippen LogP contribution is -2.33. The molecule has 116 valence electrons. The lowest BCUT2D eigenvalue weighted by Gasteiger charge is -2.23. The Balaban J connectivity index is 1.79. The van der Waals surface area contributed by atoms with Crippen molar-refractivity contribution in [1.82, 2.24) is 5.32 Å². The Labute approximate surface area is 126 Å². The van der Waals surface area contributed by atoms with Gasteiger partial charge in [0.05, 0.1) is 18.6 Å². The van der Waals surface area contributed by atoms with Gasteiger partial charge in [-0.05, 0) is 31.7 Å². The molecule has 1 aromatic carbocycles. The molecule has 1 amide bonds. The number of amides is 1. The van der Waals surface area contributed by atoms with Crippen molar-refractivity contribution < 1.29 is 14.3 Å². The number of rotatable bonds is 7. The lowest BCUT2D eigenvalue weighted by molar-refractivity contribution is -0.125. The average molecular weight is 291 g/mol. The van der Waals surface area contributed by atoms with Crippen LogP contribution in [0.25, 0.3) is 0 Å². The number of nitrogens with one attached hydrogen (secondary N) is 1. The molecule has 4 heteroatoms. The largest absolute Gasteiger partial charge is 0.378 e. The van der Waals surface area contributed by atoms with E-state index in [-0.39, 0.29) is 18.1 Å². The molecule has 1 aliphatic rings. The van der Waals surface area contributed by atoms with E-state index in [1.54, 1.807) is 0 Å². The zero-order chi connectivity index (χ0) is 14.9. The zero-order valence-electron chi connectivity index (χ0n) is 12.7. The second-order valence-electron chi connectivity index (χ2n) is 5.35. The van der Waals surface area contributed by atoms with Gasteiger partial charge < -0.3 is 14.8 Å². The van der Waals surface area contributed by atoms with E-state index in [9.17, 15) is 4.79 Å². The quantitative estimate of drug-likeness (QED) is 0.840. The minimum atomic E-state index is -0.0903. The van der Waals surface area contributed by atoms with Gasteiger partial charge >= 0.3 is 0 Å². The van der Waals surface area contributed by atoms with Crippen molar-refractivity contribution in [2.24, 2.45) is 0 Å². The average Bonchev–Trinajstić information content (AvgIpc) is 2.53. The highest BCUT2D eigenvalue weighted by molar-refractivity contribution is 5.76. The summed E-state index contributed by atoms with van der Waals surface area (Å²) in [6.07, 6.45) is 3.70. The van der Waals surface area contributed by atoms with Gasteiger partial charge in [0.15, 0.2) is 0 Å². The molecule has 0 aromatic heterocycles. The maximum atomic E-state index is 12.0. The fraction of sp³-hybridized carbons (Fsp3) is 0.588. The molecule has 1 N–H and O–H groups in total. The van der Waals surface area contributed by atoms with Gasteiger partial charge in [-0.3, -0.25) is 4.79 Å². The molecular formula is C17H25NO3. The molecule has 1 fully saturated rings. The number of hydrogen-bond donors (Lipinski definition) is 1. The van der Waals surface area contributed by atoms with E-state index in [1.807, 2.05) is 37.3 Å². The van der Waals surface area contributed by atoms with E-state index >= 15 is 0 Å². The van der Waals surface area contributed by atoms with Crippen LogP contribution in [-0.2, 0) is 14.3 Å². The van der Waals surface area contributed by atoms with Crippen LogP contribution in [0.4, 0.5) is 0 Å². The topological polar surface area (TPSA) is 47.6 Å². The van der Waals surface area contributed by atoms with Crippen molar-refractivity contribution in [3.05, 3.63) is 35.9 Å². The summed E-state index contributed by atoms with van der Waals surface area (Å²) in [5, 5.41) is 2.97. The fourth-order valence-electron chi connectivity index (χ4n) is 2.60. The first-order chi connectivity index (χ1) is 10.3. The molecule has 1 aliphatic heterocycles. The van der Waals surface area contributed by atoms with E-state index in [1.165, 1.54) is 0 Å². The number of carbonyl (C=O) groups is 1. The van der Waals surface area contributed by atoms with Gasteiger partial charge in [-0.1, -0.05) is 30.3 Å². The predicted molar refractivity (Wildman–Crippen MR) is 82.0 cm³/mol. The first-order valence-corrected chi connectivity index (χ1v) is 7.84. The van der Waals surface area contributed by atoms with Gasteiger partial charge in [0.25, 0.3) is 0 Å². The van der Waals surface area contributed by atoms with Crippen molar-refractivity contribution in [3.8, 4) is 0 Å². The summed E-state index contributed by atoms with van der Waals surface area (Å²) in [5.41, 5.74) is 1.09. The molecule has 0 spiro atoms. The summed E-state index contributed by atoms with van der Waals surface area (Å²) >= 11 is 0. The van der Waals surface area contributed by atoms with Crippen LogP contribution in [0.3, 0.4) is 0 Å². The number of benzene rings is 1. The van der Waals surface area contributed by atoms with Crippen LogP contribution < -0.4 is 5.32 Å². The van der Waals surface area contributed by atoms with Gasteiger partial charge in [0.2, 0.25) is 5.91 Å². The number of ether oxygens (including phenoxy) is 2. The highest BCUT2D eigenvalue weighted by Gasteiger charge is 2.19. The third-order valence-electron chi connectivity index (χ3n) is 3.71. The van der Waals surface area contributed by atoms with Crippen molar-refractivity contribution >= 4 is 5.91 Å². The molecule has 0 unspecified atom stereocenters. The van der Waals surface area contributed by atoms with Crippen molar-refractivity contribution in [2.75, 3.05) is 19.8 Å². The second kappa shape index (κ2) is 8.80. The highest BCUT2D eigenvalue weighted by Crippen LogP contribution is 2.17. The molecule has 1 saturated heterocycles. The SMILES string of the molecule is CCO[C@@H](CNC(=O)C[C@@H]1CCCCO1)c1ccccc1. The molecule has 0 saturated carbocycles. The summed E-state index contributed by atoms with van der Waals surface area (Å²) in [4.78, 5) is 12.0. The fourth-order valence-corrected chi connectivity index (χ4v) is 2.60.